The molecule has 0 saturated heterocycles. The van der Waals surface area contributed by atoms with Gasteiger partial charge in [0, 0.05) is 49.4 Å². The first kappa shape index (κ1) is 34.3. The van der Waals surface area contributed by atoms with Crippen molar-refractivity contribution in [3.05, 3.63) is 0 Å². The van der Waals surface area contributed by atoms with Gasteiger partial charge in [0.1, 0.15) is 0 Å². The topological polar surface area (TPSA) is 0 Å². The first-order chi connectivity index (χ1) is 18.9. The van der Waals surface area contributed by atoms with Crippen LogP contribution in [-0.2, 0) is 0 Å². The monoisotopic (exact) mass is 713 g/mol. The van der Waals surface area contributed by atoms with Crippen LogP contribution < -0.4 is 0 Å². The van der Waals surface area contributed by atoms with Crippen molar-refractivity contribution in [1.82, 2.24) is 0 Å². The Morgan fingerprint density at radius 3 is 0.462 bits per heavy atom. The summed E-state index contributed by atoms with van der Waals surface area (Å²) in [6.07, 6.45) is 47.2. The number of hydrogen-bond acceptors (Lipinski definition) is 0. The predicted molar refractivity (Wildman–Crippen MR) is 175 cm³/mol. The van der Waals surface area contributed by atoms with Crippen LogP contribution in [0.15, 0.2) is 0 Å². The smallest absolute Gasteiger partial charge is 0 e. The van der Waals surface area contributed by atoms with Crippen LogP contribution in [0.25, 0.3) is 0 Å². The second-order valence-corrected chi connectivity index (χ2v) is 20.8. The summed E-state index contributed by atoms with van der Waals surface area (Å²) < 4.78 is 0. The molecule has 0 aliphatic heterocycles. The molecule has 0 aromatic heterocycles. The maximum absolute atomic E-state index is 1.61. The third kappa shape index (κ3) is 10.8. The molecule has 39 heavy (non-hydrogen) atoms. The Hall–Kier alpha value is 2.44. The zero-order valence-electron chi connectivity index (χ0n) is 25.9. The summed E-state index contributed by atoms with van der Waals surface area (Å²) in [7, 11) is 0.770. The second kappa shape index (κ2) is 19.8. The summed E-state index contributed by atoms with van der Waals surface area (Å²) in [6, 6.07) is 0. The summed E-state index contributed by atoms with van der Waals surface area (Å²) in [6.45, 7) is 0. The van der Waals surface area contributed by atoms with Gasteiger partial charge in [-0.05, 0) is 111 Å². The van der Waals surface area contributed by atoms with Gasteiger partial charge < -0.3 is 0 Å². The minimum absolute atomic E-state index is 0. The van der Waals surface area contributed by atoms with E-state index in [0.717, 1.165) is 0 Å². The second-order valence-electron chi connectivity index (χ2n) is 14.6. The average molecular weight is 713 g/mol. The molecular weight excluding hydrogens is 646 g/mol. The molecule has 0 aromatic carbocycles. The molecule has 0 spiro atoms. The van der Waals surface area contributed by atoms with Crippen LogP contribution in [0.3, 0.4) is 0 Å². The Kier molecular flexibility index (Phi) is 17.4. The van der Waals surface area contributed by atoms with Crippen molar-refractivity contribution < 1.29 is 49.4 Å². The molecule has 6 aliphatic carbocycles. The van der Waals surface area contributed by atoms with Gasteiger partial charge in [-0.15, -0.1) is 0 Å². The van der Waals surface area contributed by atoms with E-state index >= 15 is 0 Å². The molecule has 0 aromatic rings. The molecule has 0 heterocycles. The zero-order valence-corrected chi connectivity index (χ0v) is 30.2. The largest absolute Gasteiger partial charge is 0.0971 e. The van der Waals surface area contributed by atoms with Crippen LogP contribution in [0.1, 0.15) is 193 Å². The van der Waals surface area contributed by atoms with Gasteiger partial charge in [-0.2, -0.15) is 0 Å². The molecule has 6 fully saturated rings. The van der Waals surface area contributed by atoms with Crippen LogP contribution in [0.5, 0.6) is 0 Å². The van der Waals surface area contributed by atoms with Gasteiger partial charge in [-0.25, -0.2) is 0 Å². The van der Waals surface area contributed by atoms with E-state index in [-0.39, 0.29) is 49.4 Å². The fraction of sp³-hybridized carbons (Fsp3) is 1.00. The predicted octanol–water partition coefficient (Wildman–Crippen LogP) is 12.9. The Morgan fingerprint density at radius 2 is 0.333 bits per heavy atom. The molecule has 1 radical (unpaired) electrons. The van der Waals surface area contributed by atoms with Crippen LogP contribution in [0.2, 0.25) is 0 Å². The summed E-state index contributed by atoms with van der Waals surface area (Å²) in [5.74, 6) is 0. The van der Waals surface area contributed by atoms with Crippen LogP contribution in [0, 0.1) is 49.4 Å². The van der Waals surface area contributed by atoms with Crippen LogP contribution in [-0.4, -0.2) is 34.0 Å². The maximum Gasteiger partial charge on any atom is 0 e. The van der Waals surface area contributed by atoms with Gasteiger partial charge in [0.2, 0.25) is 0 Å². The van der Waals surface area contributed by atoms with Crippen molar-refractivity contribution in [2.75, 3.05) is 0 Å². The maximum atomic E-state index is 1.61. The third-order valence-electron chi connectivity index (χ3n) is 12.0. The first-order valence-electron chi connectivity index (χ1n) is 18.4. The molecule has 6 rings (SSSR count). The van der Waals surface area contributed by atoms with Crippen molar-refractivity contribution in [3.8, 4) is 0 Å². The molecule has 0 unspecified atom stereocenters. The van der Waals surface area contributed by atoms with E-state index < -0.39 is 0 Å². The molecule has 0 atom stereocenters. The minimum atomic E-state index is 0. The third-order valence-corrected chi connectivity index (χ3v) is 20.1. The van der Waals surface area contributed by atoms with E-state index in [1.165, 1.54) is 72.5 Å². The van der Waals surface area contributed by atoms with Crippen molar-refractivity contribution in [2.24, 2.45) is 0 Å². The molecule has 6 saturated carbocycles. The quantitative estimate of drug-likeness (QED) is 0.241. The SMILES string of the molecule is C1CCC(P(C2CCCCC2)C2CCCCC2)CC1.C1CCC(P(C2CCCCC2)C2CCCCC2)CC1.[Eu]. The van der Waals surface area contributed by atoms with E-state index in [9.17, 15) is 0 Å². The molecular formula is C36H66EuP2. The minimum Gasteiger partial charge on any atom is -0.0971 e. The van der Waals surface area contributed by atoms with E-state index in [0.29, 0.717) is 15.8 Å². The van der Waals surface area contributed by atoms with Gasteiger partial charge >= 0.3 is 0 Å². The molecule has 227 valence electrons. The standard InChI is InChI=1S/2C18H33P.Eu/c2*1-4-10-16(11-5-1)19(17-12-6-2-7-13-17)18-14-8-3-9-15-18;/h2*16-18H,1-15H2;. The van der Waals surface area contributed by atoms with E-state index in [4.69, 9.17) is 0 Å². The number of hydrogen-bond donors (Lipinski definition) is 0. The van der Waals surface area contributed by atoms with E-state index in [1.807, 2.05) is 0 Å². The molecule has 6 aliphatic rings. The van der Waals surface area contributed by atoms with Crippen molar-refractivity contribution in [1.29, 1.82) is 0 Å². The van der Waals surface area contributed by atoms with E-state index in [2.05, 4.69) is 0 Å². The molecule has 0 N–H and O–H groups in total. The van der Waals surface area contributed by atoms with Gasteiger partial charge in [0.25, 0.3) is 0 Å². The van der Waals surface area contributed by atoms with Gasteiger partial charge in [-0.1, -0.05) is 131 Å². The van der Waals surface area contributed by atoms with Crippen LogP contribution >= 0.6 is 15.8 Å². The average Bonchev–Trinajstić information content (AvgIpc) is 3.01. The summed E-state index contributed by atoms with van der Waals surface area (Å²) >= 11 is 0. The molecule has 3 heteroatoms. The summed E-state index contributed by atoms with van der Waals surface area (Å²) in [5.41, 5.74) is 7.14. The van der Waals surface area contributed by atoms with Crippen molar-refractivity contribution in [2.45, 2.75) is 227 Å². The van der Waals surface area contributed by atoms with Gasteiger partial charge in [0.15, 0.2) is 0 Å². The van der Waals surface area contributed by atoms with Gasteiger partial charge in [0.05, 0.1) is 0 Å². The summed E-state index contributed by atoms with van der Waals surface area (Å²) in [5, 5.41) is 0. The first-order valence-corrected chi connectivity index (χ1v) is 21.5. The van der Waals surface area contributed by atoms with Crippen molar-refractivity contribution >= 4 is 15.8 Å². The van der Waals surface area contributed by atoms with E-state index in [1.54, 1.807) is 154 Å². The zero-order chi connectivity index (χ0) is 25.8. The molecule has 0 bridgehead atoms. The Bertz CT molecular complexity index is 464. The Balaban J connectivity index is 0.000000176. The van der Waals surface area contributed by atoms with Gasteiger partial charge in [-0.3, -0.25) is 0 Å². The normalized spacial score (nSPS) is 28.2. The Morgan fingerprint density at radius 1 is 0.205 bits per heavy atom. The van der Waals surface area contributed by atoms with Crippen LogP contribution in [0.4, 0.5) is 0 Å². The van der Waals surface area contributed by atoms with Crippen molar-refractivity contribution in [3.63, 3.8) is 0 Å². The molecule has 0 nitrogen and oxygen atoms in total. The fourth-order valence-electron chi connectivity index (χ4n) is 10.1. The fourth-order valence-corrected chi connectivity index (χ4v) is 19.4. The number of rotatable bonds is 6. The Labute approximate surface area is 289 Å². The summed E-state index contributed by atoms with van der Waals surface area (Å²) in [4.78, 5) is 0. The molecule has 0 amide bonds.